The van der Waals surface area contributed by atoms with E-state index in [4.69, 9.17) is 9.52 Å². The Labute approximate surface area is 105 Å². The number of nitrogens with zero attached hydrogens (tertiary/aromatic N) is 1. The zero-order chi connectivity index (χ0) is 13.3. The van der Waals surface area contributed by atoms with Gasteiger partial charge in [-0.15, -0.1) is 0 Å². The van der Waals surface area contributed by atoms with Crippen LogP contribution in [-0.2, 0) is 16.4 Å². The SMILES string of the molecule is CC1CS(=O)(=O)CCN1Cc1cc(C(=O)O)co1. The summed E-state index contributed by atoms with van der Waals surface area (Å²) in [6.07, 6.45) is 1.20. The van der Waals surface area contributed by atoms with Crippen LogP contribution in [0.5, 0.6) is 0 Å². The summed E-state index contributed by atoms with van der Waals surface area (Å²) in [5, 5.41) is 8.77. The van der Waals surface area contributed by atoms with Crippen molar-refractivity contribution in [3.63, 3.8) is 0 Å². The van der Waals surface area contributed by atoms with Crippen molar-refractivity contribution in [2.45, 2.75) is 19.5 Å². The van der Waals surface area contributed by atoms with E-state index in [1.165, 1.54) is 12.3 Å². The maximum absolute atomic E-state index is 11.4. The molecule has 1 fully saturated rings. The van der Waals surface area contributed by atoms with Crippen LogP contribution in [0.2, 0.25) is 0 Å². The van der Waals surface area contributed by atoms with Crippen molar-refractivity contribution in [1.82, 2.24) is 4.90 Å². The molecule has 0 saturated carbocycles. The van der Waals surface area contributed by atoms with Gasteiger partial charge in [0.15, 0.2) is 9.84 Å². The molecule has 0 aromatic carbocycles. The third kappa shape index (κ3) is 2.91. The molecular weight excluding hydrogens is 258 g/mol. The fourth-order valence-electron chi connectivity index (χ4n) is 2.04. The van der Waals surface area contributed by atoms with Gasteiger partial charge in [-0.25, -0.2) is 13.2 Å². The minimum absolute atomic E-state index is 0.0814. The van der Waals surface area contributed by atoms with Gasteiger partial charge < -0.3 is 9.52 Å². The molecule has 7 heteroatoms. The molecule has 1 atom stereocenters. The number of aromatic carboxylic acids is 1. The van der Waals surface area contributed by atoms with Gasteiger partial charge in [0.1, 0.15) is 12.0 Å². The molecule has 1 aromatic heterocycles. The van der Waals surface area contributed by atoms with Crippen LogP contribution in [-0.4, -0.2) is 48.5 Å². The first-order valence-electron chi connectivity index (χ1n) is 5.62. The van der Waals surface area contributed by atoms with E-state index in [1.54, 1.807) is 0 Å². The lowest BCUT2D eigenvalue weighted by atomic mass is 10.2. The first-order valence-corrected chi connectivity index (χ1v) is 7.45. The Hall–Kier alpha value is -1.34. The first-order chi connectivity index (χ1) is 8.37. The summed E-state index contributed by atoms with van der Waals surface area (Å²) in [5.74, 6) is -0.207. The van der Waals surface area contributed by atoms with E-state index >= 15 is 0 Å². The summed E-state index contributed by atoms with van der Waals surface area (Å²) in [6, 6.07) is 1.39. The highest BCUT2D eigenvalue weighted by Crippen LogP contribution is 2.17. The third-order valence-electron chi connectivity index (χ3n) is 3.07. The molecule has 2 rings (SSSR count). The normalized spacial score (nSPS) is 23.9. The Balaban J connectivity index is 2.03. The number of carboxylic acids is 1. The molecule has 18 heavy (non-hydrogen) atoms. The van der Waals surface area contributed by atoms with E-state index in [1.807, 2.05) is 11.8 Å². The van der Waals surface area contributed by atoms with Crippen LogP contribution < -0.4 is 0 Å². The van der Waals surface area contributed by atoms with E-state index < -0.39 is 15.8 Å². The van der Waals surface area contributed by atoms with Gasteiger partial charge in [0, 0.05) is 12.6 Å². The monoisotopic (exact) mass is 273 g/mol. The second kappa shape index (κ2) is 4.74. The number of furan rings is 1. The molecule has 1 aromatic rings. The van der Waals surface area contributed by atoms with E-state index in [0.717, 1.165) is 0 Å². The Morgan fingerprint density at radius 2 is 2.33 bits per heavy atom. The maximum atomic E-state index is 11.4. The van der Waals surface area contributed by atoms with Gasteiger partial charge in [-0.05, 0) is 13.0 Å². The highest BCUT2D eigenvalue weighted by atomic mass is 32.2. The van der Waals surface area contributed by atoms with Crippen molar-refractivity contribution in [1.29, 1.82) is 0 Å². The highest BCUT2D eigenvalue weighted by Gasteiger charge is 2.28. The standard InChI is InChI=1S/C11H15NO5S/c1-8-7-18(15,16)3-2-12(8)5-10-4-9(6-17-10)11(13)14/h4,6,8H,2-3,5,7H2,1H3,(H,13,14). The zero-order valence-corrected chi connectivity index (χ0v) is 10.8. The van der Waals surface area contributed by atoms with Crippen molar-refractivity contribution < 1.29 is 22.7 Å². The quantitative estimate of drug-likeness (QED) is 0.867. The minimum atomic E-state index is -2.93. The number of sulfone groups is 1. The van der Waals surface area contributed by atoms with Crippen molar-refractivity contribution >= 4 is 15.8 Å². The Bertz CT molecular complexity index is 548. The molecule has 0 amide bonds. The third-order valence-corrected chi connectivity index (χ3v) is 4.86. The van der Waals surface area contributed by atoms with Crippen molar-refractivity contribution in [2.24, 2.45) is 0 Å². The molecule has 0 aliphatic carbocycles. The van der Waals surface area contributed by atoms with Crippen molar-refractivity contribution in [3.05, 3.63) is 23.7 Å². The highest BCUT2D eigenvalue weighted by molar-refractivity contribution is 7.91. The number of carboxylic acid groups (broad SMARTS) is 1. The van der Waals surface area contributed by atoms with Crippen LogP contribution in [0.3, 0.4) is 0 Å². The van der Waals surface area contributed by atoms with Gasteiger partial charge >= 0.3 is 5.97 Å². The second-order valence-corrected chi connectivity index (χ2v) is 6.77. The Morgan fingerprint density at radius 3 is 2.89 bits per heavy atom. The van der Waals surface area contributed by atoms with Gasteiger partial charge in [0.2, 0.25) is 0 Å². The smallest absolute Gasteiger partial charge is 0.338 e. The molecule has 0 radical (unpaired) electrons. The lowest BCUT2D eigenvalue weighted by Crippen LogP contribution is -2.46. The maximum Gasteiger partial charge on any atom is 0.338 e. The Kier molecular flexibility index (Phi) is 3.45. The molecule has 6 nitrogen and oxygen atoms in total. The summed E-state index contributed by atoms with van der Waals surface area (Å²) in [4.78, 5) is 12.7. The molecule has 0 bridgehead atoms. The fourth-order valence-corrected chi connectivity index (χ4v) is 3.67. The van der Waals surface area contributed by atoms with Crippen molar-refractivity contribution in [3.8, 4) is 0 Å². The molecule has 1 unspecified atom stereocenters. The van der Waals surface area contributed by atoms with Gasteiger partial charge in [0.05, 0.1) is 23.6 Å². The van der Waals surface area contributed by atoms with Crippen LogP contribution >= 0.6 is 0 Å². The molecule has 1 aliphatic rings. The predicted molar refractivity (Wildman–Crippen MR) is 64.2 cm³/mol. The molecular formula is C11H15NO5S. The van der Waals surface area contributed by atoms with Crippen molar-refractivity contribution in [2.75, 3.05) is 18.1 Å². The molecule has 1 aliphatic heterocycles. The van der Waals surface area contributed by atoms with Gasteiger partial charge in [-0.3, -0.25) is 4.90 Å². The molecule has 1 N–H and O–H groups in total. The number of hydrogen-bond acceptors (Lipinski definition) is 5. The van der Waals surface area contributed by atoms with Gasteiger partial charge in [-0.2, -0.15) is 0 Å². The number of hydrogen-bond donors (Lipinski definition) is 1. The van der Waals surface area contributed by atoms with E-state index in [0.29, 0.717) is 18.8 Å². The summed E-state index contributed by atoms with van der Waals surface area (Å²) in [6.45, 7) is 2.73. The van der Waals surface area contributed by atoms with Crippen LogP contribution in [0, 0.1) is 0 Å². The summed E-state index contributed by atoms with van der Waals surface area (Å²) in [5.41, 5.74) is 0.113. The summed E-state index contributed by atoms with van der Waals surface area (Å²) in [7, 11) is -2.93. The largest absolute Gasteiger partial charge is 0.478 e. The predicted octanol–water partition coefficient (Wildman–Crippen LogP) is 0.597. The molecule has 100 valence electrons. The number of rotatable bonds is 3. The first kappa shape index (κ1) is 13.1. The topological polar surface area (TPSA) is 87.8 Å². The van der Waals surface area contributed by atoms with E-state index in [2.05, 4.69) is 0 Å². The zero-order valence-electron chi connectivity index (χ0n) is 10.00. The average Bonchev–Trinajstić information content (AvgIpc) is 2.70. The molecule has 2 heterocycles. The molecule has 0 spiro atoms. The van der Waals surface area contributed by atoms with Crippen LogP contribution in [0.25, 0.3) is 0 Å². The number of carbonyl (C=O) groups is 1. The van der Waals surface area contributed by atoms with E-state index in [9.17, 15) is 13.2 Å². The second-order valence-electron chi connectivity index (χ2n) is 4.54. The Morgan fingerprint density at radius 1 is 1.61 bits per heavy atom. The van der Waals surface area contributed by atoms with Crippen LogP contribution in [0.15, 0.2) is 16.7 Å². The van der Waals surface area contributed by atoms with Gasteiger partial charge in [-0.1, -0.05) is 0 Å². The lowest BCUT2D eigenvalue weighted by molar-refractivity contribution is 0.0696. The average molecular weight is 273 g/mol. The summed E-state index contributed by atoms with van der Waals surface area (Å²) >= 11 is 0. The minimum Gasteiger partial charge on any atom is -0.478 e. The molecule has 1 saturated heterocycles. The van der Waals surface area contributed by atoms with E-state index in [-0.39, 0.29) is 23.1 Å². The van der Waals surface area contributed by atoms with Gasteiger partial charge in [0.25, 0.3) is 0 Å². The summed E-state index contributed by atoms with van der Waals surface area (Å²) < 4.78 is 28.0. The van der Waals surface area contributed by atoms with Crippen LogP contribution in [0.1, 0.15) is 23.0 Å². The lowest BCUT2D eigenvalue weighted by Gasteiger charge is -2.32. The fraction of sp³-hybridized carbons (Fsp3) is 0.545. The van der Waals surface area contributed by atoms with Crippen LogP contribution in [0.4, 0.5) is 0 Å².